The highest BCUT2D eigenvalue weighted by molar-refractivity contribution is 6.09. The van der Waals surface area contributed by atoms with Gasteiger partial charge in [0.2, 0.25) is 17.7 Å². The van der Waals surface area contributed by atoms with Crippen molar-refractivity contribution in [2.75, 3.05) is 11.1 Å². The van der Waals surface area contributed by atoms with Gasteiger partial charge in [0.05, 0.1) is 34.8 Å². The average Bonchev–Trinajstić information content (AvgIpc) is 3.53. The number of nitrogens with one attached hydrogen (secondary N) is 1. The fraction of sp³-hybridized carbons (Fsp3) is 0.286. The summed E-state index contributed by atoms with van der Waals surface area (Å²) in [6, 6.07) is 9.02. The van der Waals surface area contributed by atoms with E-state index in [0.717, 1.165) is 28.1 Å². The van der Waals surface area contributed by atoms with Gasteiger partial charge in [-0.1, -0.05) is 17.3 Å². The highest BCUT2D eigenvalue weighted by atomic mass is 19.4. The predicted molar refractivity (Wildman–Crippen MR) is 145 cm³/mol. The molecule has 0 saturated heterocycles. The van der Waals surface area contributed by atoms with Crippen molar-refractivity contribution in [3.8, 4) is 22.5 Å². The van der Waals surface area contributed by atoms with E-state index in [1.165, 1.54) is 6.20 Å². The van der Waals surface area contributed by atoms with Crippen molar-refractivity contribution in [3.05, 3.63) is 71.1 Å². The van der Waals surface area contributed by atoms with Crippen LogP contribution in [0.1, 0.15) is 52.0 Å². The van der Waals surface area contributed by atoms with Crippen LogP contribution in [0.25, 0.3) is 28.0 Å². The Hall–Kier alpha value is -4.85. The Kier molecular flexibility index (Phi) is 6.64. The Labute approximate surface area is 236 Å². The molecule has 11 nitrogen and oxygen atoms in total. The average molecular weight is 579 g/mol. The Bertz CT molecular complexity index is 1800. The standard InChI is InChI=1S/C28H25F3N8O3/c1-13-4-5-17(24-37-26(42-38-24)18-8-19(9-18)41-28(29,30)31)10-21(13)36-25(40)20-12-33-39-7-6-16(11-22(20)39)23-14(2)34-27(32)35-15(23)3/h4-7,10-12,18-19H,8-9H2,1-3H3,(H,36,40)(H2,32,34,35). The van der Waals surface area contributed by atoms with E-state index in [-0.39, 0.29) is 42.3 Å². The number of halogens is 3. The zero-order valence-corrected chi connectivity index (χ0v) is 22.7. The minimum Gasteiger partial charge on any atom is -0.368 e. The summed E-state index contributed by atoms with van der Waals surface area (Å²) in [4.78, 5) is 26.4. The molecule has 1 amide bonds. The summed E-state index contributed by atoms with van der Waals surface area (Å²) >= 11 is 0. The molecule has 5 aromatic rings. The van der Waals surface area contributed by atoms with Gasteiger partial charge in [0, 0.05) is 28.9 Å². The van der Waals surface area contributed by atoms with Gasteiger partial charge in [-0.05, 0) is 62.9 Å². The fourth-order valence-corrected chi connectivity index (χ4v) is 5.13. The number of rotatable bonds is 6. The summed E-state index contributed by atoms with van der Waals surface area (Å²) < 4.78 is 48.2. The first-order chi connectivity index (χ1) is 19.9. The SMILES string of the molecule is Cc1ccc(-c2noc(C3CC(OC(F)(F)F)C3)n2)cc1NC(=O)c1cnn2ccc(-c3c(C)nc(N)nc3C)cc12. The maximum Gasteiger partial charge on any atom is 0.522 e. The van der Waals surface area contributed by atoms with Gasteiger partial charge < -0.3 is 15.6 Å². The minimum atomic E-state index is -4.67. The van der Waals surface area contributed by atoms with Crippen molar-refractivity contribution in [2.45, 2.75) is 52.0 Å². The molecule has 0 aliphatic heterocycles. The Morgan fingerprint density at radius 3 is 2.52 bits per heavy atom. The molecule has 3 N–H and O–H groups in total. The fourth-order valence-electron chi connectivity index (χ4n) is 5.13. The number of pyridine rings is 1. The van der Waals surface area contributed by atoms with Crippen LogP contribution in [0.15, 0.2) is 47.2 Å². The summed E-state index contributed by atoms with van der Waals surface area (Å²) in [7, 11) is 0. The smallest absolute Gasteiger partial charge is 0.368 e. The molecule has 0 atom stereocenters. The zero-order chi connectivity index (χ0) is 29.8. The highest BCUT2D eigenvalue weighted by Gasteiger charge is 2.42. The number of anilines is 2. The van der Waals surface area contributed by atoms with Crippen molar-refractivity contribution < 1.29 is 27.2 Å². The van der Waals surface area contributed by atoms with Gasteiger partial charge in [-0.15, -0.1) is 13.2 Å². The number of nitrogen functional groups attached to an aromatic ring is 1. The Balaban J connectivity index is 1.22. The van der Waals surface area contributed by atoms with Crippen LogP contribution >= 0.6 is 0 Å². The summed E-state index contributed by atoms with van der Waals surface area (Å²) in [5, 5.41) is 11.3. The van der Waals surface area contributed by atoms with E-state index >= 15 is 0 Å². The van der Waals surface area contributed by atoms with Crippen LogP contribution in [0.3, 0.4) is 0 Å². The van der Waals surface area contributed by atoms with Gasteiger partial charge in [0.15, 0.2) is 0 Å². The monoisotopic (exact) mass is 578 g/mol. The Morgan fingerprint density at radius 1 is 1.07 bits per heavy atom. The zero-order valence-electron chi connectivity index (χ0n) is 22.7. The van der Waals surface area contributed by atoms with Crippen molar-refractivity contribution in [3.63, 3.8) is 0 Å². The number of hydrogen-bond acceptors (Lipinski definition) is 9. The maximum atomic E-state index is 13.4. The van der Waals surface area contributed by atoms with Crippen LogP contribution in [-0.4, -0.2) is 48.1 Å². The lowest BCUT2D eigenvalue weighted by Gasteiger charge is -2.32. The second-order valence-corrected chi connectivity index (χ2v) is 10.2. The molecule has 0 bridgehead atoms. The summed E-state index contributed by atoms with van der Waals surface area (Å²) in [5.74, 6) is 0.0238. The van der Waals surface area contributed by atoms with Crippen LogP contribution in [0.5, 0.6) is 0 Å². The number of nitrogens with zero attached hydrogens (tertiary/aromatic N) is 6. The van der Waals surface area contributed by atoms with Gasteiger partial charge >= 0.3 is 6.36 Å². The molecule has 1 saturated carbocycles. The van der Waals surface area contributed by atoms with Crippen LogP contribution in [0.4, 0.5) is 24.8 Å². The quantitative estimate of drug-likeness (QED) is 0.271. The van der Waals surface area contributed by atoms with Gasteiger partial charge in [0.1, 0.15) is 0 Å². The summed E-state index contributed by atoms with van der Waals surface area (Å²) in [6.07, 6.45) is -2.06. The number of carbonyl (C=O) groups is 1. The third-order valence-corrected chi connectivity index (χ3v) is 7.27. The summed E-state index contributed by atoms with van der Waals surface area (Å²) in [5.41, 5.74) is 11.7. The molecule has 6 rings (SSSR count). The first kappa shape index (κ1) is 27.3. The number of ether oxygens (including phenoxy) is 1. The normalized spacial score (nSPS) is 16.9. The largest absolute Gasteiger partial charge is 0.522 e. The second-order valence-electron chi connectivity index (χ2n) is 10.2. The molecule has 1 fully saturated rings. The molecule has 216 valence electrons. The van der Waals surface area contributed by atoms with Crippen LogP contribution in [0, 0.1) is 20.8 Å². The minimum absolute atomic E-state index is 0.141. The van der Waals surface area contributed by atoms with Gasteiger partial charge in [-0.2, -0.15) is 10.1 Å². The third-order valence-electron chi connectivity index (χ3n) is 7.27. The van der Waals surface area contributed by atoms with E-state index in [1.807, 2.05) is 32.9 Å². The second kappa shape index (κ2) is 10.2. The van der Waals surface area contributed by atoms with Crippen molar-refractivity contribution >= 4 is 23.1 Å². The maximum absolute atomic E-state index is 13.4. The molecule has 0 unspecified atom stereocenters. The van der Waals surface area contributed by atoms with Crippen LogP contribution in [0.2, 0.25) is 0 Å². The van der Waals surface area contributed by atoms with Gasteiger partial charge in [-0.25, -0.2) is 14.5 Å². The van der Waals surface area contributed by atoms with Crippen LogP contribution in [-0.2, 0) is 4.74 Å². The molecule has 1 aliphatic carbocycles. The topological polar surface area (TPSA) is 146 Å². The van der Waals surface area contributed by atoms with Gasteiger partial charge in [0.25, 0.3) is 5.91 Å². The number of aromatic nitrogens is 6. The molecule has 0 spiro atoms. The predicted octanol–water partition coefficient (Wildman–Crippen LogP) is 5.38. The molecule has 42 heavy (non-hydrogen) atoms. The lowest BCUT2D eigenvalue weighted by molar-refractivity contribution is -0.352. The number of hydrogen-bond donors (Lipinski definition) is 2. The number of carbonyl (C=O) groups excluding carboxylic acids is 1. The van der Waals surface area contributed by atoms with Crippen molar-refractivity contribution in [1.82, 2.24) is 29.7 Å². The van der Waals surface area contributed by atoms with Crippen molar-refractivity contribution in [2.24, 2.45) is 0 Å². The van der Waals surface area contributed by atoms with E-state index in [2.05, 4.69) is 35.3 Å². The first-order valence-electron chi connectivity index (χ1n) is 13.0. The van der Waals surface area contributed by atoms with E-state index in [0.29, 0.717) is 22.3 Å². The number of aryl methyl sites for hydroxylation is 3. The molecular weight excluding hydrogens is 553 g/mol. The van der Waals surface area contributed by atoms with E-state index in [1.54, 1.807) is 28.9 Å². The highest BCUT2D eigenvalue weighted by Crippen LogP contribution is 2.41. The van der Waals surface area contributed by atoms with Gasteiger partial charge in [-0.3, -0.25) is 9.53 Å². The number of benzene rings is 1. The number of fused-ring (bicyclic) bond motifs is 1. The molecule has 4 heterocycles. The van der Waals surface area contributed by atoms with E-state index in [4.69, 9.17) is 10.3 Å². The molecular formula is C28H25F3N8O3. The number of amides is 1. The van der Waals surface area contributed by atoms with Crippen molar-refractivity contribution in [1.29, 1.82) is 0 Å². The molecule has 1 aromatic carbocycles. The lowest BCUT2D eigenvalue weighted by atomic mass is 9.82. The molecule has 0 radical (unpaired) electrons. The number of nitrogens with two attached hydrogens (primary N) is 1. The van der Waals surface area contributed by atoms with E-state index < -0.39 is 12.5 Å². The summed E-state index contributed by atoms with van der Waals surface area (Å²) in [6.45, 7) is 5.54. The molecule has 1 aliphatic rings. The molecule has 4 aromatic heterocycles. The Morgan fingerprint density at radius 2 is 1.81 bits per heavy atom. The molecule has 14 heteroatoms. The lowest BCUT2D eigenvalue weighted by Crippen LogP contribution is -2.34. The number of alkyl halides is 3. The third kappa shape index (κ3) is 5.28. The van der Waals surface area contributed by atoms with E-state index in [9.17, 15) is 18.0 Å². The van der Waals surface area contributed by atoms with Crippen LogP contribution < -0.4 is 11.1 Å². The first-order valence-corrected chi connectivity index (χ1v) is 13.0.